The van der Waals surface area contributed by atoms with Gasteiger partial charge in [0.15, 0.2) is 11.0 Å². The zero-order valence-electron chi connectivity index (χ0n) is 15.1. The van der Waals surface area contributed by atoms with Crippen LogP contribution in [0.5, 0.6) is 5.75 Å². The number of hydrogen-bond acceptors (Lipinski definition) is 5. The molecular weight excluding hydrogens is 407 g/mol. The van der Waals surface area contributed by atoms with E-state index in [0.717, 1.165) is 12.8 Å². The van der Waals surface area contributed by atoms with Crippen molar-refractivity contribution in [2.45, 2.75) is 49.9 Å². The van der Waals surface area contributed by atoms with Crippen molar-refractivity contribution < 1.29 is 9.53 Å². The molecular formula is C18H22Cl2N4O2S. The van der Waals surface area contributed by atoms with E-state index in [1.54, 1.807) is 18.2 Å². The molecule has 0 radical (unpaired) electrons. The number of thioether (sulfide) groups is 1. The number of hydrogen-bond donors (Lipinski definition) is 1. The number of carbonyl (C=O) groups is 1. The van der Waals surface area contributed by atoms with E-state index in [4.69, 9.17) is 27.9 Å². The first kappa shape index (κ1) is 20.3. The monoisotopic (exact) mass is 428 g/mol. The average Bonchev–Trinajstić information content (AvgIpc) is 3.00. The molecule has 9 heteroatoms. The second kappa shape index (κ2) is 9.66. The maximum atomic E-state index is 12.1. The van der Waals surface area contributed by atoms with Crippen LogP contribution in [0.3, 0.4) is 0 Å². The highest BCUT2D eigenvalue weighted by Gasteiger charge is 2.17. The van der Waals surface area contributed by atoms with Crippen LogP contribution < -0.4 is 10.1 Å². The number of rotatable bonds is 7. The number of aromatic nitrogens is 3. The normalized spacial score (nSPS) is 14.9. The highest BCUT2D eigenvalue weighted by Crippen LogP contribution is 2.28. The lowest BCUT2D eigenvalue weighted by atomic mass is 9.95. The molecule has 0 saturated heterocycles. The molecule has 2 aromatic rings. The van der Waals surface area contributed by atoms with Crippen molar-refractivity contribution in [3.8, 4) is 5.75 Å². The summed E-state index contributed by atoms with van der Waals surface area (Å²) in [7, 11) is 1.85. The van der Waals surface area contributed by atoms with Crippen molar-refractivity contribution >= 4 is 40.9 Å². The molecule has 146 valence electrons. The van der Waals surface area contributed by atoms with Crippen LogP contribution in [-0.4, -0.2) is 32.5 Å². The summed E-state index contributed by atoms with van der Waals surface area (Å²) in [4.78, 5) is 12.1. The van der Waals surface area contributed by atoms with Gasteiger partial charge in [-0.3, -0.25) is 4.79 Å². The molecule has 3 rings (SSSR count). The predicted molar refractivity (Wildman–Crippen MR) is 108 cm³/mol. The third-order valence-electron chi connectivity index (χ3n) is 4.48. The first-order valence-electron chi connectivity index (χ1n) is 8.91. The second-order valence-electron chi connectivity index (χ2n) is 6.51. The van der Waals surface area contributed by atoms with Gasteiger partial charge < -0.3 is 14.6 Å². The fraction of sp³-hybridized carbons (Fsp3) is 0.500. The largest absolute Gasteiger partial charge is 0.484 e. The Balaban J connectivity index is 1.49. The lowest BCUT2D eigenvalue weighted by Crippen LogP contribution is -2.37. The number of carbonyl (C=O) groups excluding carboxylic acids is 1. The smallest absolute Gasteiger partial charge is 0.230 e. The minimum atomic E-state index is 0.0423. The topological polar surface area (TPSA) is 69.0 Å². The summed E-state index contributed by atoms with van der Waals surface area (Å²) in [6.45, 7) is 0.222. The third kappa shape index (κ3) is 5.77. The molecule has 6 nitrogen and oxygen atoms in total. The Morgan fingerprint density at radius 1 is 1.30 bits per heavy atom. The lowest BCUT2D eigenvalue weighted by Gasteiger charge is -2.22. The Labute approximate surface area is 173 Å². The molecule has 1 aliphatic rings. The molecule has 27 heavy (non-hydrogen) atoms. The summed E-state index contributed by atoms with van der Waals surface area (Å²) in [5.74, 6) is 1.55. The van der Waals surface area contributed by atoms with Crippen molar-refractivity contribution in [3.05, 3.63) is 34.1 Å². The second-order valence-corrected chi connectivity index (χ2v) is 8.30. The summed E-state index contributed by atoms with van der Waals surface area (Å²) < 4.78 is 7.52. The molecule has 1 saturated carbocycles. The zero-order valence-corrected chi connectivity index (χ0v) is 17.4. The minimum Gasteiger partial charge on any atom is -0.484 e. The Morgan fingerprint density at radius 3 is 2.81 bits per heavy atom. The van der Waals surface area contributed by atoms with Gasteiger partial charge in [0.2, 0.25) is 5.91 Å². The van der Waals surface area contributed by atoms with Gasteiger partial charge in [-0.25, -0.2) is 0 Å². The van der Waals surface area contributed by atoms with Crippen LogP contribution in [-0.2, 0) is 18.4 Å². The van der Waals surface area contributed by atoms with Crippen LogP contribution in [0.15, 0.2) is 23.4 Å². The van der Waals surface area contributed by atoms with Gasteiger partial charge in [0.05, 0.1) is 10.8 Å². The van der Waals surface area contributed by atoms with Gasteiger partial charge in [0.25, 0.3) is 0 Å². The molecule has 1 fully saturated rings. The number of amides is 1. The van der Waals surface area contributed by atoms with Crippen LogP contribution in [0.2, 0.25) is 10.0 Å². The average molecular weight is 429 g/mol. The van der Waals surface area contributed by atoms with Crippen molar-refractivity contribution in [3.63, 3.8) is 0 Å². The Hall–Kier alpha value is -1.44. The molecule has 1 N–H and O–H groups in total. The van der Waals surface area contributed by atoms with E-state index < -0.39 is 0 Å². The van der Waals surface area contributed by atoms with Crippen LogP contribution in [0.25, 0.3) is 0 Å². The van der Waals surface area contributed by atoms with E-state index in [9.17, 15) is 4.79 Å². The molecule has 0 spiro atoms. The first-order chi connectivity index (χ1) is 13.0. The highest BCUT2D eigenvalue weighted by molar-refractivity contribution is 7.99. The number of benzene rings is 1. The van der Waals surface area contributed by atoms with Crippen LogP contribution >= 0.6 is 35.0 Å². The van der Waals surface area contributed by atoms with Crippen LogP contribution in [0.4, 0.5) is 0 Å². The fourth-order valence-corrected chi connectivity index (χ4v) is 4.18. The molecule has 0 aliphatic heterocycles. The van der Waals surface area contributed by atoms with Gasteiger partial charge >= 0.3 is 0 Å². The Bertz CT molecular complexity index is 794. The summed E-state index contributed by atoms with van der Waals surface area (Å²) in [6.07, 6.45) is 5.82. The molecule has 1 amide bonds. The summed E-state index contributed by atoms with van der Waals surface area (Å²) in [5, 5.41) is 13.1. The molecule has 1 heterocycles. The maximum absolute atomic E-state index is 12.1. The molecule has 0 bridgehead atoms. The standard InChI is InChI=1S/C18H22Cl2N4O2S/c1-24-16(10-26-15-8-7-12(19)9-14(15)20)22-23-18(24)27-11-17(25)21-13-5-3-2-4-6-13/h7-9,13H,2-6,10-11H2,1H3,(H,21,25). The van der Waals surface area contributed by atoms with E-state index in [1.165, 1.54) is 31.0 Å². The van der Waals surface area contributed by atoms with Crippen molar-refractivity contribution in [2.75, 3.05) is 5.75 Å². The summed E-state index contributed by atoms with van der Waals surface area (Å²) in [6, 6.07) is 5.37. The molecule has 1 aromatic heterocycles. The van der Waals surface area contributed by atoms with Crippen molar-refractivity contribution in [1.82, 2.24) is 20.1 Å². The first-order valence-corrected chi connectivity index (χ1v) is 10.7. The van der Waals surface area contributed by atoms with Crippen LogP contribution in [0.1, 0.15) is 37.9 Å². The molecule has 1 aliphatic carbocycles. The van der Waals surface area contributed by atoms with E-state index in [0.29, 0.717) is 38.6 Å². The van der Waals surface area contributed by atoms with Crippen molar-refractivity contribution in [2.24, 2.45) is 7.05 Å². The molecule has 1 aromatic carbocycles. The SMILES string of the molecule is Cn1c(COc2ccc(Cl)cc2Cl)nnc1SCC(=O)NC1CCCCC1. The van der Waals surface area contributed by atoms with Crippen LogP contribution in [0, 0.1) is 0 Å². The van der Waals surface area contributed by atoms with Gasteiger partial charge in [-0.1, -0.05) is 54.2 Å². The number of nitrogens with zero attached hydrogens (tertiary/aromatic N) is 3. The van der Waals surface area contributed by atoms with Gasteiger partial charge in [-0.15, -0.1) is 10.2 Å². The Morgan fingerprint density at radius 2 is 2.07 bits per heavy atom. The highest BCUT2D eigenvalue weighted by atomic mass is 35.5. The van der Waals surface area contributed by atoms with E-state index in [1.807, 2.05) is 11.6 Å². The number of nitrogens with one attached hydrogen (secondary N) is 1. The molecule has 0 unspecified atom stereocenters. The number of ether oxygens (including phenoxy) is 1. The van der Waals surface area contributed by atoms with Gasteiger partial charge in [-0.05, 0) is 31.0 Å². The van der Waals surface area contributed by atoms with Gasteiger partial charge in [0, 0.05) is 18.1 Å². The maximum Gasteiger partial charge on any atom is 0.230 e. The predicted octanol–water partition coefficient (Wildman–Crippen LogP) is 4.24. The molecule has 0 atom stereocenters. The van der Waals surface area contributed by atoms with E-state index in [-0.39, 0.29) is 12.5 Å². The third-order valence-corrected chi connectivity index (χ3v) is 6.03. The zero-order chi connectivity index (χ0) is 19.2. The summed E-state index contributed by atoms with van der Waals surface area (Å²) in [5.41, 5.74) is 0. The fourth-order valence-electron chi connectivity index (χ4n) is 2.98. The van der Waals surface area contributed by atoms with Gasteiger partial charge in [0.1, 0.15) is 12.4 Å². The van der Waals surface area contributed by atoms with E-state index >= 15 is 0 Å². The minimum absolute atomic E-state index is 0.0423. The Kier molecular flexibility index (Phi) is 7.26. The summed E-state index contributed by atoms with van der Waals surface area (Å²) >= 11 is 13.4. The van der Waals surface area contributed by atoms with E-state index in [2.05, 4.69) is 15.5 Å². The quantitative estimate of drug-likeness (QED) is 0.667. The van der Waals surface area contributed by atoms with Gasteiger partial charge in [-0.2, -0.15) is 0 Å². The lowest BCUT2D eigenvalue weighted by molar-refractivity contribution is -0.119. The number of halogens is 2. The van der Waals surface area contributed by atoms with Crippen molar-refractivity contribution in [1.29, 1.82) is 0 Å².